The van der Waals surface area contributed by atoms with Crippen molar-refractivity contribution in [3.8, 4) is 0 Å². The summed E-state index contributed by atoms with van der Waals surface area (Å²) in [6.07, 6.45) is 2.44. The number of amides is 1. The highest BCUT2D eigenvalue weighted by Crippen LogP contribution is 2.00. The van der Waals surface area contributed by atoms with Gasteiger partial charge in [0.15, 0.2) is 0 Å². The Bertz CT molecular complexity index is 377. The molecule has 0 saturated carbocycles. The first-order valence-corrected chi connectivity index (χ1v) is 5.07. The van der Waals surface area contributed by atoms with Crippen molar-refractivity contribution >= 4 is 11.9 Å². The monoisotopic (exact) mass is 241 g/mol. The number of carboxylic acids is 1. The van der Waals surface area contributed by atoms with Crippen molar-refractivity contribution in [1.29, 1.82) is 0 Å². The van der Waals surface area contributed by atoms with E-state index in [4.69, 9.17) is 9.84 Å². The van der Waals surface area contributed by atoms with E-state index >= 15 is 0 Å². The molecule has 7 heteroatoms. The molecule has 1 rings (SSSR count). The fourth-order valence-corrected chi connectivity index (χ4v) is 1.21. The van der Waals surface area contributed by atoms with Crippen LogP contribution in [-0.4, -0.2) is 46.2 Å². The van der Waals surface area contributed by atoms with Gasteiger partial charge in [0.05, 0.1) is 6.33 Å². The topological polar surface area (TPSA) is 104 Å². The molecule has 2 atom stereocenters. The molecular weight excluding hydrogens is 226 g/mol. The molecule has 94 valence electrons. The number of carboxylic acid groups (broad SMARTS) is 1. The molecule has 0 aromatic carbocycles. The molecular formula is C10H15N3O4. The minimum absolute atomic E-state index is 0.150. The molecule has 1 heterocycles. The number of nitrogens with one attached hydrogen (secondary N) is 2. The molecule has 1 amide bonds. The number of hydrogen-bond donors (Lipinski definition) is 3. The quantitative estimate of drug-likeness (QED) is 0.626. The summed E-state index contributed by atoms with van der Waals surface area (Å²) >= 11 is 0. The average Bonchev–Trinajstić information content (AvgIpc) is 2.79. The Hall–Kier alpha value is -1.89. The second-order valence-corrected chi connectivity index (χ2v) is 3.56. The molecule has 0 fully saturated rings. The SMILES string of the molecule is COC(C)C(=O)NC(Cc1cnc[nH]1)C(=O)O. The summed E-state index contributed by atoms with van der Waals surface area (Å²) in [5, 5.41) is 11.4. The Balaban J connectivity index is 2.61. The zero-order chi connectivity index (χ0) is 12.8. The van der Waals surface area contributed by atoms with Crippen LogP contribution in [0.25, 0.3) is 0 Å². The summed E-state index contributed by atoms with van der Waals surface area (Å²) in [5.41, 5.74) is 0.641. The molecule has 7 nitrogen and oxygen atoms in total. The van der Waals surface area contributed by atoms with Gasteiger partial charge in [-0.05, 0) is 6.92 Å². The number of rotatable bonds is 6. The van der Waals surface area contributed by atoms with E-state index in [1.165, 1.54) is 19.6 Å². The Labute approximate surface area is 98.2 Å². The third kappa shape index (κ3) is 3.87. The van der Waals surface area contributed by atoms with Gasteiger partial charge in [-0.1, -0.05) is 0 Å². The van der Waals surface area contributed by atoms with E-state index in [0.29, 0.717) is 5.69 Å². The molecule has 1 aromatic heterocycles. The Morgan fingerprint density at radius 2 is 2.35 bits per heavy atom. The zero-order valence-corrected chi connectivity index (χ0v) is 9.64. The van der Waals surface area contributed by atoms with Gasteiger partial charge < -0.3 is 20.1 Å². The van der Waals surface area contributed by atoms with E-state index in [0.717, 1.165) is 0 Å². The Morgan fingerprint density at radius 3 is 2.82 bits per heavy atom. The van der Waals surface area contributed by atoms with E-state index < -0.39 is 24.0 Å². The Kier molecular flexibility index (Phi) is 4.65. The van der Waals surface area contributed by atoms with Gasteiger partial charge in [-0.3, -0.25) is 4.79 Å². The van der Waals surface area contributed by atoms with E-state index in [-0.39, 0.29) is 6.42 Å². The summed E-state index contributed by atoms with van der Waals surface area (Å²) < 4.78 is 4.80. The summed E-state index contributed by atoms with van der Waals surface area (Å²) in [6, 6.07) is -0.999. The third-order valence-electron chi connectivity index (χ3n) is 2.32. The molecule has 1 aromatic rings. The van der Waals surface area contributed by atoms with Gasteiger partial charge in [0.2, 0.25) is 5.91 Å². The average molecular weight is 241 g/mol. The molecule has 0 saturated heterocycles. The van der Waals surface area contributed by atoms with E-state index in [9.17, 15) is 9.59 Å². The lowest BCUT2D eigenvalue weighted by atomic mass is 10.1. The van der Waals surface area contributed by atoms with Crippen molar-refractivity contribution in [3.05, 3.63) is 18.2 Å². The number of hydrogen-bond acceptors (Lipinski definition) is 4. The number of imidazole rings is 1. The van der Waals surface area contributed by atoms with Crippen LogP contribution in [0.15, 0.2) is 12.5 Å². The zero-order valence-electron chi connectivity index (χ0n) is 9.64. The summed E-state index contributed by atoms with van der Waals surface area (Å²) in [4.78, 5) is 29.0. The van der Waals surface area contributed by atoms with Crippen LogP contribution in [0, 0.1) is 0 Å². The minimum Gasteiger partial charge on any atom is -0.480 e. The summed E-state index contributed by atoms with van der Waals surface area (Å²) in [7, 11) is 1.38. The maximum atomic E-state index is 11.5. The van der Waals surface area contributed by atoms with E-state index in [1.54, 1.807) is 6.92 Å². The van der Waals surface area contributed by atoms with Gasteiger partial charge in [-0.25, -0.2) is 9.78 Å². The van der Waals surface area contributed by atoms with Crippen molar-refractivity contribution in [2.24, 2.45) is 0 Å². The van der Waals surface area contributed by atoms with Crippen LogP contribution in [0.3, 0.4) is 0 Å². The fraction of sp³-hybridized carbons (Fsp3) is 0.500. The van der Waals surface area contributed by atoms with Crippen molar-refractivity contribution < 1.29 is 19.4 Å². The van der Waals surface area contributed by atoms with Crippen LogP contribution < -0.4 is 5.32 Å². The van der Waals surface area contributed by atoms with Crippen molar-refractivity contribution in [3.63, 3.8) is 0 Å². The van der Waals surface area contributed by atoms with Gasteiger partial charge in [0.1, 0.15) is 12.1 Å². The number of aromatic nitrogens is 2. The standard InChI is InChI=1S/C10H15N3O4/c1-6(17-2)9(14)13-8(10(15)16)3-7-4-11-5-12-7/h4-6,8H,3H2,1-2H3,(H,11,12)(H,13,14)(H,15,16). The lowest BCUT2D eigenvalue weighted by Gasteiger charge is -2.16. The van der Waals surface area contributed by atoms with Crippen LogP contribution in [-0.2, 0) is 20.7 Å². The second kappa shape index (κ2) is 6.00. The van der Waals surface area contributed by atoms with Gasteiger partial charge in [0, 0.05) is 25.4 Å². The van der Waals surface area contributed by atoms with Crippen LogP contribution in [0.5, 0.6) is 0 Å². The largest absolute Gasteiger partial charge is 0.480 e. The van der Waals surface area contributed by atoms with E-state index in [1.807, 2.05) is 0 Å². The lowest BCUT2D eigenvalue weighted by molar-refractivity contribution is -0.143. The van der Waals surface area contributed by atoms with Crippen LogP contribution in [0.2, 0.25) is 0 Å². The number of aromatic amines is 1. The highest BCUT2D eigenvalue weighted by molar-refractivity contribution is 5.86. The maximum Gasteiger partial charge on any atom is 0.326 e. The van der Waals surface area contributed by atoms with Crippen LogP contribution in [0.4, 0.5) is 0 Å². The fourth-order valence-electron chi connectivity index (χ4n) is 1.21. The minimum atomic E-state index is -1.10. The summed E-state index contributed by atoms with van der Waals surface area (Å²) in [5.74, 6) is -1.56. The molecule has 0 spiro atoms. The van der Waals surface area contributed by atoms with Crippen molar-refractivity contribution in [2.45, 2.75) is 25.5 Å². The highest BCUT2D eigenvalue weighted by atomic mass is 16.5. The van der Waals surface area contributed by atoms with Gasteiger partial charge in [-0.15, -0.1) is 0 Å². The molecule has 2 unspecified atom stereocenters. The summed E-state index contributed by atoms with van der Waals surface area (Å²) in [6.45, 7) is 1.55. The highest BCUT2D eigenvalue weighted by Gasteiger charge is 2.23. The first-order chi connectivity index (χ1) is 8.04. The molecule has 17 heavy (non-hydrogen) atoms. The number of H-pyrrole nitrogens is 1. The number of carbonyl (C=O) groups excluding carboxylic acids is 1. The maximum absolute atomic E-state index is 11.5. The van der Waals surface area contributed by atoms with Gasteiger partial charge in [-0.2, -0.15) is 0 Å². The third-order valence-corrected chi connectivity index (χ3v) is 2.32. The molecule has 0 aliphatic rings. The molecule has 0 bridgehead atoms. The number of carbonyl (C=O) groups is 2. The predicted octanol–water partition coefficient (Wildman–Crippen LogP) is -0.444. The smallest absolute Gasteiger partial charge is 0.326 e. The Morgan fingerprint density at radius 1 is 1.65 bits per heavy atom. The van der Waals surface area contributed by atoms with Crippen molar-refractivity contribution in [2.75, 3.05) is 7.11 Å². The lowest BCUT2D eigenvalue weighted by Crippen LogP contribution is -2.46. The molecule has 3 N–H and O–H groups in total. The molecule has 0 aliphatic carbocycles. The van der Waals surface area contributed by atoms with Crippen molar-refractivity contribution in [1.82, 2.24) is 15.3 Å². The predicted molar refractivity (Wildman–Crippen MR) is 58.3 cm³/mol. The number of ether oxygens (including phenoxy) is 1. The first kappa shape index (κ1) is 13.2. The molecule has 0 aliphatic heterocycles. The normalized spacial score (nSPS) is 14.0. The van der Waals surface area contributed by atoms with Crippen LogP contribution >= 0.6 is 0 Å². The molecule has 0 radical (unpaired) electrons. The number of aliphatic carboxylic acids is 1. The first-order valence-electron chi connectivity index (χ1n) is 5.07. The number of nitrogens with zero attached hydrogens (tertiary/aromatic N) is 1. The second-order valence-electron chi connectivity index (χ2n) is 3.56. The van der Waals surface area contributed by atoms with Gasteiger partial charge in [0.25, 0.3) is 0 Å². The van der Waals surface area contributed by atoms with Gasteiger partial charge >= 0.3 is 5.97 Å². The number of methoxy groups -OCH3 is 1. The van der Waals surface area contributed by atoms with Crippen LogP contribution in [0.1, 0.15) is 12.6 Å². The van der Waals surface area contributed by atoms with E-state index in [2.05, 4.69) is 15.3 Å².